The van der Waals surface area contributed by atoms with Crippen LogP contribution in [0.5, 0.6) is 0 Å². The lowest BCUT2D eigenvalue weighted by Crippen LogP contribution is -2.48. The number of amides is 1. The third-order valence-electron chi connectivity index (χ3n) is 5.20. The summed E-state index contributed by atoms with van der Waals surface area (Å²) in [7, 11) is 0. The molecule has 1 fully saturated rings. The molecule has 4 rings (SSSR count). The summed E-state index contributed by atoms with van der Waals surface area (Å²) in [5.41, 5.74) is 1.61. The van der Waals surface area contributed by atoms with Gasteiger partial charge in [-0.25, -0.2) is 9.37 Å². The van der Waals surface area contributed by atoms with E-state index < -0.39 is 0 Å². The van der Waals surface area contributed by atoms with Crippen LogP contribution < -0.4 is 10.2 Å². The molecule has 31 heavy (non-hydrogen) atoms. The van der Waals surface area contributed by atoms with Crippen molar-refractivity contribution in [3.05, 3.63) is 76.3 Å². The van der Waals surface area contributed by atoms with Gasteiger partial charge in [-0.1, -0.05) is 23.7 Å². The molecule has 0 spiro atoms. The zero-order chi connectivity index (χ0) is 21.6. The molecule has 2 heterocycles. The molecule has 0 bridgehead atoms. The van der Waals surface area contributed by atoms with E-state index in [0.717, 1.165) is 54.3 Å². The fourth-order valence-corrected chi connectivity index (χ4v) is 4.29. The predicted molar refractivity (Wildman–Crippen MR) is 122 cm³/mol. The number of hydrogen-bond acceptors (Lipinski definition) is 6. The van der Waals surface area contributed by atoms with Crippen LogP contribution in [0.15, 0.2) is 48.5 Å². The van der Waals surface area contributed by atoms with Crippen molar-refractivity contribution >= 4 is 34.2 Å². The second-order valence-corrected chi connectivity index (χ2v) is 8.55. The van der Waals surface area contributed by atoms with Gasteiger partial charge < -0.3 is 10.2 Å². The number of carbonyl (C=O) groups excluding carboxylic acids is 1. The van der Waals surface area contributed by atoms with Gasteiger partial charge in [-0.3, -0.25) is 9.69 Å². The molecule has 0 radical (unpaired) electrons. The van der Waals surface area contributed by atoms with E-state index in [4.69, 9.17) is 16.6 Å². The lowest BCUT2D eigenvalue weighted by atomic mass is 10.1. The summed E-state index contributed by atoms with van der Waals surface area (Å²) in [5.74, 6) is 0.302. The zero-order valence-electron chi connectivity index (χ0n) is 16.9. The molecule has 0 saturated carbocycles. The molecule has 3 aromatic rings. The fourth-order valence-electron chi connectivity index (χ4n) is 3.42. The van der Waals surface area contributed by atoms with E-state index in [-0.39, 0.29) is 11.7 Å². The molecule has 1 aliphatic heterocycles. The Kier molecular flexibility index (Phi) is 7.11. The molecule has 6 nitrogen and oxygen atoms in total. The number of rotatable bonds is 7. The summed E-state index contributed by atoms with van der Waals surface area (Å²) in [5, 5.41) is 4.57. The second kappa shape index (κ2) is 10.2. The standard InChI is InChI=1S/C22H23ClFN5OS/c23-18-5-1-16(2-6-18)15-20-26-22(31-27-20)29-13-11-28(12-14-29)10-9-25-21(30)17-3-7-19(24)8-4-17/h1-8H,9-15H2,(H,25,30). The van der Waals surface area contributed by atoms with Gasteiger partial charge in [-0.2, -0.15) is 4.37 Å². The van der Waals surface area contributed by atoms with Crippen molar-refractivity contribution in [1.82, 2.24) is 19.6 Å². The monoisotopic (exact) mass is 459 g/mol. The smallest absolute Gasteiger partial charge is 0.251 e. The average molecular weight is 460 g/mol. The van der Waals surface area contributed by atoms with Crippen molar-refractivity contribution in [3.63, 3.8) is 0 Å². The van der Waals surface area contributed by atoms with E-state index in [9.17, 15) is 9.18 Å². The zero-order valence-corrected chi connectivity index (χ0v) is 18.5. The topological polar surface area (TPSA) is 61.4 Å². The maximum absolute atomic E-state index is 13.0. The number of halogens is 2. The van der Waals surface area contributed by atoms with Crippen molar-refractivity contribution in [2.75, 3.05) is 44.2 Å². The Balaban J connectivity index is 1.20. The second-order valence-electron chi connectivity index (χ2n) is 7.39. The Morgan fingerprint density at radius 1 is 1.06 bits per heavy atom. The first kappa shape index (κ1) is 21.7. The first-order valence-electron chi connectivity index (χ1n) is 10.1. The van der Waals surface area contributed by atoms with E-state index in [1.165, 1.54) is 35.8 Å². The van der Waals surface area contributed by atoms with Gasteiger partial charge in [0, 0.05) is 67.8 Å². The minimum atomic E-state index is -0.345. The maximum atomic E-state index is 13.0. The molecule has 2 aromatic carbocycles. The van der Waals surface area contributed by atoms with Crippen LogP contribution in [-0.4, -0.2) is 59.4 Å². The lowest BCUT2D eigenvalue weighted by molar-refractivity contribution is 0.0947. The average Bonchev–Trinajstić information content (AvgIpc) is 3.25. The highest BCUT2D eigenvalue weighted by molar-refractivity contribution is 7.09. The minimum absolute atomic E-state index is 0.180. The Morgan fingerprint density at radius 2 is 1.77 bits per heavy atom. The lowest BCUT2D eigenvalue weighted by Gasteiger charge is -2.34. The summed E-state index contributed by atoms with van der Waals surface area (Å²) in [6, 6.07) is 13.3. The molecule has 1 amide bonds. The first-order valence-corrected chi connectivity index (χ1v) is 11.3. The number of carbonyl (C=O) groups is 1. The van der Waals surface area contributed by atoms with Crippen LogP contribution in [0.1, 0.15) is 21.7 Å². The van der Waals surface area contributed by atoms with Crippen molar-refractivity contribution in [1.29, 1.82) is 0 Å². The number of nitrogens with one attached hydrogen (secondary N) is 1. The molecular formula is C22H23ClFN5OS. The molecule has 1 saturated heterocycles. The number of anilines is 1. The fraction of sp³-hybridized carbons (Fsp3) is 0.318. The Morgan fingerprint density at radius 3 is 2.48 bits per heavy atom. The van der Waals surface area contributed by atoms with E-state index >= 15 is 0 Å². The van der Waals surface area contributed by atoms with Crippen LogP contribution in [0.25, 0.3) is 0 Å². The largest absolute Gasteiger partial charge is 0.351 e. The highest BCUT2D eigenvalue weighted by atomic mass is 35.5. The summed E-state index contributed by atoms with van der Waals surface area (Å²) in [4.78, 5) is 21.4. The van der Waals surface area contributed by atoms with Gasteiger partial charge in [-0.15, -0.1) is 0 Å². The van der Waals surface area contributed by atoms with E-state index in [2.05, 4.69) is 19.5 Å². The molecule has 1 N–H and O–H groups in total. The molecule has 0 unspecified atom stereocenters. The normalized spacial score (nSPS) is 14.6. The first-order chi connectivity index (χ1) is 15.1. The molecule has 1 aromatic heterocycles. The van der Waals surface area contributed by atoms with Crippen molar-refractivity contribution in [2.45, 2.75) is 6.42 Å². The van der Waals surface area contributed by atoms with Crippen LogP contribution in [0.3, 0.4) is 0 Å². The third-order valence-corrected chi connectivity index (χ3v) is 6.26. The summed E-state index contributed by atoms with van der Waals surface area (Å²) in [6.45, 7) is 4.89. The highest BCUT2D eigenvalue weighted by Gasteiger charge is 2.20. The van der Waals surface area contributed by atoms with Gasteiger partial charge in [-0.05, 0) is 42.0 Å². The van der Waals surface area contributed by atoms with Gasteiger partial charge in [0.15, 0.2) is 0 Å². The van der Waals surface area contributed by atoms with Crippen molar-refractivity contribution < 1.29 is 9.18 Å². The SMILES string of the molecule is O=C(NCCN1CCN(c2nc(Cc3ccc(Cl)cc3)ns2)CC1)c1ccc(F)cc1. The van der Waals surface area contributed by atoms with Crippen LogP contribution in [0.2, 0.25) is 5.02 Å². The summed E-state index contributed by atoms with van der Waals surface area (Å²) >= 11 is 7.38. The van der Waals surface area contributed by atoms with E-state index in [1.807, 2.05) is 24.3 Å². The minimum Gasteiger partial charge on any atom is -0.351 e. The van der Waals surface area contributed by atoms with Gasteiger partial charge in [0.1, 0.15) is 11.6 Å². The quantitative estimate of drug-likeness (QED) is 0.586. The van der Waals surface area contributed by atoms with Crippen LogP contribution in [-0.2, 0) is 6.42 Å². The Hall–Kier alpha value is -2.55. The van der Waals surface area contributed by atoms with Gasteiger partial charge >= 0.3 is 0 Å². The van der Waals surface area contributed by atoms with Crippen molar-refractivity contribution in [2.24, 2.45) is 0 Å². The molecule has 162 valence electrons. The number of hydrogen-bond donors (Lipinski definition) is 1. The highest BCUT2D eigenvalue weighted by Crippen LogP contribution is 2.21. The molecule has 9 heteroatoms. The summed E-state index contributed by atoms with van der Waals surface area (Å²) < 4.78 is 17.5. The number of piperazine rings is 1. The number of benzene rings is 2. The van der Waals surface area contributed by atoms with Gasteiger partial charge in [0.25, 0.3) is 5.91 Å². The van der Waals surface area contributed by atoms with Crippen LogP contribution in [0.4, 0.5) is 9.52 Å². The molecule has 0 aliphatic carbocycles. The molecular weight excluding hydrogens is 437 g/mol. The van der Waals surface area contributed by atoms with Gasteiger partial charge in [0.2, 0.25) is 5.13 Å². The van der Waals surface area contributed by atoms with Gasteiger partial charge in [0.05, 0.1) is 0 Å². The molecule has 1 aliphatic rings. The Bertz CT molecular complexity index is 1000. The third kappa shape index (κ3) is 6.00. The number of nitrogens with zero attached hydrogens (tertiary/aromatic N) is 4. The Labute approximate surface area is 189 Å². The van der Waals surface area contributed by atoms with E-state index in [0.29, 0.717) is 18.5 Å². The van der Waals surface area contributed by atoms with Crippen LogP contribution in [0, 0.1) is 5.82 Å². The van der Waals surface area contributed by atoms with E-state index in [1.54, 1.807) is 0 Å². The van der Waals surface area contributed by atoms with Crippen LogP contribution >= 0.6 is 23.1 Å². The van der Waals surface area contributed by atoms with Crippen molar-refractivity contribution in [3.8, 4) is 0 Å². The maximum Gasteiger partial charge on any atom is 0.251 e. The molecule has 0 atom stereocenters. The predicted octanol–water partition coefficient (Wildman–Crippen LogP) is 3.47. The summed E-state index contributed by atoms with van der Waals surface area (Å²) in [6.07, 6.45) is 0.696. The number of aromatic nitrogens is 2.